The largest absolute Gasteiger partial charge is 0.480 e. The van der Waals surface area contributed by atoms with Gasteiger partial charge >= 0.3 is 0 Å². The number of nitrogens with zero attached hydrogens (tertiary/aromatic N) is 2. The molecule has 0 radical (unpaired) electrons. The van der Waals surface area contributed by atoms with E-state index in [1.165, 1.54) is 0 Å². The molecule has 7 nitrogen and oxygen atoms in total. The van der Waals surface area contributed by atoms with Gasteiger partial charge in [0.05, 0.1) is 49.3 Å². The molecule has 168 valence electrons. The molecule has 3 aromatic rings. The van der Waals surface area contributed by atoms with E-state index in [-0.39, 0.29) is 11.8 Å². The van der Waals surface area contributed by atoms with Gasteiger partial charge in [-0.05, 0) is 24.6 Å². The van der Waals surface area contributed by atoms with E-state index in [0.29, 0.717) is 36.4 Å². The molecular formula is C23H31ClN4O3. The highest BCUT2D eigenvalue weighted by Gasteiger charge is 2.23. The van der Waals surface area contributed by atoms with Crippen LogP contribution in [-0.2, 0) is 16.1 Å². The van der Waals surface area contributed by atoms with Crippen molar-refractivity contribution in [3.8, 4) is 17.1 Å². The predicted molar refractivity (Wildman–Crippen MR) is 124 cm³/mol. The third-order valence-corrected chi connectivity index (χ3v) is 4.94. The van der Waals surface area contributed by atoms with Gasteiger partial charge in [0, 0.05) is 28.8 Å². The second-order valence-electron chi connectivity index (χ2n) is 6.44. The smallest absolute Gasteiger partial charge is 0.232 e. The summed E-state index contributed by atoms with van der Waals surface area (Å²) in [5.41, 5.74) is 3.26. The van der Waals surface area contributed by atoms with Gasteiger partial charge in [0.1, 0.15) is 0 Å². The van der Waals surface area contributed by atoms with Gasteiger partial charge in [-0.2, -0.15) is 0 Å². The number of rotatable bonds is 5. The molecule has 3 heterocycles. The van der Waals surface area contributed by atoms with Crippen LogP contribution >= 0.6 is 11.6 Å². The molecule has 1 fully saturated rings. The number of nitrogens with one attached hydrogen (secondary N) is 2. The number of benzene rings is 1. The first-order chi connectivity index (χ1) is 15.1. The summed E-state index contributed by atoms with van der Waals surface area (Å²) in [7, 11) is 1.54. The Balaban J connectivity index is 0.000000807. The molecule has 31 heavy (non-hydrogen) atoms. The topological polar surface area (TPSA) is 89.1 Å². The van der Waals surface area contributed by atoms with Crippen LogP contribution in [0.1, 0.15) is 39.8 Å². The van der Waals surface area contributed by atoms with E-state index in [0.717, 1.165) is 28.6 Å². The molecule has 0 spiro atoms. The van der Waals surface area contributed by atoms with Gasteiger partial charge < -0.3 is 19.8 Å². The van der Waals surface area contributed by atoms with Crippen molar-refractivity contribution in [2.45, 2.75) is 40.7 Å². The molecule has 1 amide bonds. The van der Waals surface area contributed by atoms with E-state index >= 15 is 0 Å². The monoisotopic (exact) mass is 446 g/mol. The van der Waals surface area contributed by atoms with Crippen LogP contribution in [0.25, 0.3) is 22.2 Å². The molecule has 0 bridgehead atoms. The van der Waals surface area contributed by atoms with Crippen molar-refractivity contribution in [3.63, 3.8) is 0 Å². The van der Waals surface area contributed by atoms with E-state index in [1.807, 2.05) is 45.9 Å². The maximum Gasteiger partial charge on any atom is 0.232 e. The minimum Gasteiger partial charge on any atom is -0.480 e. The van der Waals surface area contributed by atoms with Crippen LogP contribution in [0.5, 0.6) is 5.88 Å². The zero-order valence-corrected chi connectivity index (χ0v) is 19.5. The van der Waals surface area contributed by atoms with Gasteiger partial charge in [0.25, 0.3) is 0 Å². The third-order valence-electron chi connectivity index (χ3n) is 4.63. The summed E-state index contributed by atoms with van der Waals surface area (Å²) in [5.74, 6) is 0.420. The van der Waals surface area contributed by atoms with Crippen molar-refractivity contribution >= 4 is 28.4 Å². The number of amides is 1. The SMILES string of the molecule is CC.CC.COc1cnc(-c2cc3[nH]c(CNC(=O)C4CCOC4)cc3cc2Cl)cn1. The number of aromatic amines is 1. The van der Waals surface area contributed by atoms with Crippen LogP contribution in [0.2, 0.25) is 5.02 Å². The number of hydrogen-bond donors (Lipinski definition) is 2. The minimum absolute atomic E-state index is 0.0263. The maximum absolute atomic E-state index is 12.1. The number of fused-ring (bicyclic) bond motifs is 1. The molecule has 2 aromatic heterocycles. The molecule has 0 aliphatic carbocycles. The Bertz CT molecular complexity index is 967. The van der Waals surface area contributed by atoms with E-state index in [4.69, 9.17) is 21.1 Å². The fourth-order valence-electron chi connectivity index (χ4n) is 3.13. The van der Waals surface area contributed by atoms with Crippen molar-refractivity contribution in [1.29, 1.82) is 0 Å². The molecular weight excluding hydrogens is 416 g/mol. The molecule has 0 saturated carbocycles. The summed E-state index contributed by atoms with van der Waals surface area (Å²) in [4.78, 5) is 24.0. The van der Waals surface area contributed by atoms with E-state index in [1.54, 1.807) is 19.5 Å². The quantitative estimate of drug-likeness (QED) is 0.576. The predicted octanol–water partition coefficient (Wildman–Crippen LogP) is 4.99. The van der Waals surface area contributed by atoms with Crippen LogP contribution < -0.4 is 10.1 Å². The van der Waals surface area contributed by atoms with Gasteiger partial charge in [-0.3, -0.25) is 4.79 Å². The number of halogens is 1. The maximum atomic E-state index is 12.1. The summed E-state index contributed by atoms with van der Waals surface area (Å²) in [6, 6.07) is 5.80. The van der Waals surface area contributed by atoms with Crippen LogP contribution in [-0.4, -0.2) is 41.2 Å². The summed E-state index contributed by atoms with van der Waals surface area (Å²) in [5, 5.41) is 4.51. The number of methoxy groups -OCH3 is 1. The summed E-state index contributed by atoms with van der Waals surface area (Å²) in [6.07, 6.45) is 3.96. The number of hydrogen-bond acceptors (Lipinski definition) is 5. The Morgan fingerprint density at radius 1 is 1.23 bits per heavy atom. The molecule has 2 N–H and O–H groups in total. The van der Waals surface area contributed by atoms with Crippen molar-refractivity contribution < 1.29 is 14.3 Å². The second-order valence-corrected chi connectivity index (χ2v) is 6.84. The van der Waals surface area contributed by atoms with Crippen LogP contribution in [0, 0.1) is 5.92 Å². The molecule has 1 aliphatic rings. The van der Waals surface area contributed by atoms with Gasteiger partial charge in [-0.1, -0.05) is 39.3 Å². The van der Waals surface area contributed by atoms with Gasteiger partial charge in [-0.15, -0.1) is 0 Å². The minimum atomic E-state index is -0.0518. The zero-order valence-electron chi connectivity index (χ0n) is 18.8. The Hall–Kier alpha value is -2.64. The molecule has 8 heteroatoms. The Kier molecular flexibility index (Phi) is 9.75. The normalized spacial score (nSPS) is 14.8. The molecule has 1 saturated heterocycles. The number of carbonyl (C=O) groups is 1. The van der Waals surface area contributed by atoms with Crippen molar-refractivity contribution in [1.82, 2.24) is 20.3 Å². The van der Waals surface area contributed by atoms with Crippen molar-refractivity contribution in [3.05, 3.63) is 41.3 Å². The Morgan fingerprint density at radius 2 is 2.00 bits per heavy atom. The number of carbonyl (C=O) groups excluding carboxylic acids is 1. The first-order valence-electron chi connectivity index (χ1n) is 10.7. The highest BCUT2D eigenvalue weighted by atomic mass is 35.5. The van der Waals surface area contributed by atoms with Crippen molar-refractivity contribution in [2.24, 2.45) is 5.92 Å². The molecule has 4 rings (SSSR count). The zero-order chi connectivity index (χ0) is 22.8. The van der Waals surface area contributed by atoms with E-state index in [9.17, 15) is 4.79 Å². The Labute approximate surface area is 188 Å². The summed E-state index contributed by atoms with van der Waals surface area (Å²) in [6.45, 7) is 9.58. The average molecular weight is 447 g/mol. The van der Waals surface area contributed by atoms with Crippen LogP contribution in [0.3, 0.4) is 0 Å². The number of ether oxygens (including phenoxy) is 2. The second kappa shape index (κ2) is 12.3. The van der Waals surface area contributed by atoms with Crippen LogP contribution in [0.15, 0.2) is 30.6 Å². The number of H-pyrrole nitrogens is 1. The first-order valence-corrected chi connectivity index (χ1v) is 11.0. The molecule has 1 unspecified atom stereocenters. The lowest BCUT2D eigenvalue weighted by atomic mass is 10.1. The lowest BCUT2D eigenvalue weighted by Gasteiger charge is -2.08. The summed E-state index contributed by atoms with van der Waals surface area (Å²) >= 11 is 6.44. The Morgan fingerprint density at radius 3 is 2.61 bits per heavy atom. The van der Waals surface area contributed by atoms with Crippen LogP contribution in [0.4, 0.5) is 0 Å². The fraction of sp³-hybridized carbons (Fsp3) is 0.435. The highest BCUT2D eigenvalue weighted by molar-refractivity contribution is 6.34. The van der Waals surface area contributed by atoms with Gasteiger partial charge in [0.2, 0.25) is 11.8 Å². The summed E-state index contributed by atoms with van der Waals surface area (Å²) < 4.78 is 10.3. The molecule has 1 aromatic carbocycles. The van der Waals surface area contributed by atoms with Gasteiger partial charge in [-0.25, -0.2) is 9.97 Å². The molecule has 1 aliphatic heterocycles. The standard InChI is InChI=1S/C19H19ClN4O3.2C2H6/c1-26-18-9-21-17(8-22-18)14-6-16-12(5-15(14)20)4-13(24-16)7-23-19(25)11-2-3-27-10-11;2*1-2/h4-6,8-9,11,24H,2-3,7,10H2,1H3,(H,23,25);2*1-2H3. The van der Waals surface area contributed by atoms with Crippen molar-refractivity contribution in [2.75, 3.05) is 20.3 Å². The third kappa shape index (κ3) is 6.18. The fourth-order valence-corrected chi connectivity index (χ4v) is 3.40. The molecule has 1 atom stereocenters. The number of aromatic nitrogens is 3. The average Bonchev–Trinajstić information content (AvgIpc) is 3.49. The lowest BCUT2D eigenvalue weighted by molar-refractivity contribution is -0.125. The van der Waals surface area contributed by atoms with Gasteiger partial charge in [0.15, 0.2) is 0 Å². The van der Waals surface area contributed by atoms with E-state index in [2.05, 4.69) is 20.3 Å². The van der Waals surface area contributed by atoms with E-state index < -0.39 is 0 Å². The lowest BCUT2D eigenvalue weighted by Crippen LogP contribution is -2.30. The first kappa shape index (κ1) is 24.6. The highest BCUT2D eigenvalue weighted by Crippen LogP contribution is 2.31.